The first-order valence-electron chi connectivity index (χ1n) is 16.8. The molecule has 6 nitrogen and oxygen atoms in total. The average molecular weight is 426 g/mol. The molecule has 2 aromatic heterocycles. The number of nitrogen functional groups attached to an aromatic ring is 1. The SMILES string of the molecule is [2H]c1nc(N)c(O[C@]([2H])(c2c(C([2H])([2H])[2H])ccc(F)c2C([2H])([2H])[2H])C([2H])([2H])[2H])cc1-c1cnn(C2([2H])C([2H])([2H])CNCC2([2H])[2H])c1. The molecule has 0 bridgehead atoms. The zero-order valence-electron chi connectivity index (χ0n) is 31.5. The van der Waals surface area contributed by atoms with E-state index < -0.39 is 85.6 Å². The molecule has 1 aromatic carbocycles. The molecule has 0 spiro atoms. The number of halogens is 1. The van der Waals surface area contributed by atoms with E-state index in [1.54, 1.807) is 0 Å². The first kappa shape index (κ1) is 8.67. The van der Waals surface area contributed by atoms with Crippen molar-refractivity contribution in [2.45, 2.75) is 45.4 Å². The van der Waals surface area contributed by atoms with Crippen LogP contribution in [-0.2, 0) is 0 Å². The zero-order chi connectivity index (χ0) is 35.1. The number of benzene rings is 1. The van der Waals surface area contributed by atoms with Gasteiger partial charge in [0, 0.05) is 46.9 Å². The summed E-state index contributed by atoms with van der Waals surface area (Å²) in [6.45, 7) is -11.1. The van der Waals surface area contributed by atoms with Gasteiger partial charge in [0.25, 0.3) is 0 Å². The van der Waals surface area contributed by atoms with E-state index >= 15 is 4.39 Å². The van der Waals surface area contributed by atoms with Crippen molar-refractivity contribution in [3.63, 3.8) is 0 Å². The molecule has 3 N–H and O–H groups in total. The number of hydrogen-bond acceptors (Lipinski definition) is 5. The lowest BCUT2D eigenvalue weighted by atomic mass is 9.98. The van der Waals surface area contributed by atoms with Gasteiger partial charge in [-0.05, 0) is 69.7 Å². The van der Waals surface area contributed by atoms with Crippen LogP contribution in [0.5, 0.6) is 5.75 Å². The second kappa shape index (κ2) is 8.44. The molecule has 7 heteroatoms. The van der Waals surface area contributed by atoms with Crippen LogP contribution in [0, 0.1) is 19.5 Å². The Morgan fingerprint density at radius 1 is 1.43 bits per heavy atom. The van der Waals surface area contributed by atoms with Crippen molar-refractivity contribution < 1.29 is 31.1 Å². The number of piperidine rings is 1. The number of rotatable bonds is 5. The van der Waals surface area contributed by atoms with Crippen LogP contribution >= 0.6 is 0 Å². The van der Waals surface area contributed by atoms with Gasteiger partial charge in [-0.1, -0.05) is 6.07 Å². The molecule has 30 heavy (non-hydrogen) atoms. The van der Waals surface area contributed by atoms with E-state index in [-0.39, 0.29) is 24.2 Å². The van der Waals surface area contributed by atoms with Crippen LogP contribution in [0.4, 0.5) is 10.2 Å². The second-order valence-electron chi connectivity index (χ2n) is 6.29. The van der Waals surface area contributed by atoms with E-state index in [1.807, 2.05) is 0 Å². The summed E-state index contributed by atoms with van der Waals surface area (Å²) < 4.78 is 152. The van der Waals surface area contributed by atoms with Crippen molar-refractivity contribution >= 4 is 5.82 Å². The Morgan fingerprint density at radius 2 is 2.30 bits per heavy atom. The lowest BCUT2D eigenvalue weighted by Crippen LogP contribution is -2.29. The topological polar surface area (TPSA) is 78.0 Å². The lowest BCUT2D eigenvalue weighted by Gasteiger charge is -2.22. The van der Waals surface area contributed by atoms with E-state index in [0.29, 0.717) is 12.1 Å². The van der Waals surface area contributed by atoms with Gasteiger partial charge < -0.3 is 15.8 Å². The highest BCUT2D eigenvalue weighted by molar-refractivity contribution is 5.66. The molecule has 0 unspecified atom stereocenters. The summed E-state index contributed by atoms with van der Waals surface area (Å²) in [5, 5.41) is 6.55. The van der Waals surface area contributed by atoms with Gasteiger partial charge in [-0.15, -0.1) is 0 Å². The lowest BCUT2D eigenvalue weighted by molar-refractivity contribution is 0.225. The van der Waals surface area contributed by atoms with Gasteiger partial charge in [0.05, 0.1) is 16.3 Å². The molecule has 1 atom stereocenters. The fraction of sp³-hybridized carbons (Fsp3) is 0.391. The first-order chi connectivity index (χ1) is 20.7. The molecular weight excluding hydrogens is 381 g/mol. The molecule has 158 valence electrons. The molecule has 1 aliphatic heterocycles. The Morgan fingerprint density at radius 3 is 3.07 bits per heavy atom. The number of nitrogens with zero attached hydrogens (tertiary/aromatic N) is 3. The van der Waals surface area contributed by atoms with Crippen LogP contribution in [-0.4, -0.2) is 27.9 Å². The number of aromatic nitrogens is 3. The Balaban J connectivity index is 1.93. The maximum Gasteiger partial charge on any atom is 0.166 e. The summed E-state index contributed by atoms with van der Waals surface area (Å²) in [5.41, 5.74) is 1.94. The van der Waals surface area contributed by atoms with Crippen LogP contribution in [0.15, 0.2) is 36.8 Å². The number of ether oxygens (including phenoxy) is 1. The van der Waals surface area contributed by atoms with Gasteiger partial charge in [0.1, 0.15) is 11.9 Å². The quantitative estimate of drug-likeness (QED) is 0.635. The maximum atomic E-state index is 15.1. The van der Waals surface area contributed by atoms with Gasteiger partial charge in [-0.25, -0.2) is 9.37 Å². The summed E-state index contributed by atoms with van der Waals surface area (Å²) in [5.74, 6) is -2.96. The molecule has 4 rings (SSSR count). The third-order valence-electron chi connectivity index (χ3n) is 4.30. The molecule has 1 fully saturated rings. The van der Waals surface area contributed by atoms with Gasteiger partial charge in [0.2, 0.25) is 0 Å². The van der Waals surface area contributed by atoms with Gasteiger partial charge in [-0.2, -0.15) is 5.10 Å². The highest BCUT2D eigenvalue weighted by Crippen LogP contribution is 2.33. The van der Waals surface area contributed by atoms with E-state index in [2.05, 4.69) is 15.4 Å². The summed E-state index contributed by atoms with van der Waals surface area (Å²) in [6, 6.07) is -0.528. The summed E-state index contributed by atoms with van der Waals surface area (Å²) in [4.78, 5) is 3.78. The van der Waals surface area contributed by atoms with Crippen LogP contribution in [0.25, 0.3) is 11.1 Å². The average Bonchev–Trinajstić information content (AvgIpc) is 3.36. The molecule has 0 radical (unpaired) electrons. The number of anilines is 1. The maximum absolute atomic E-state index is 15.1. The highest BCUT2D eigenvalue weighted by atomic mass is 19.1. The van der Waals surface area contributed by atoms with Crippen molar-refractivity contribution in [2.24, 2.45) is 0 Å². The Labute approximate surface area is 198 Å². The van der Waals surface area contributed by atoms with Crippen molar-refractivity contribution in [3.05, 3.63) is 59.3 Å². The van der Waals surface area contributed by atoms with Gasteiger partial charge in [-0.3, -0.25) is 4.68 Å². The predicted octanol–water partition coefficient (Wildman–Crippen LogP) is 4.35. The largest absolute Gasteiger partial charge is 0.482 e. The minimum absolute atomic E-state index is 0.0688. The first-order valence-corrected chi connectivity index (χ1v) is 8.75. The van der Waals surface area contributed by atoms with E-state index in [9.17, 15) is 0 Å². The van der Waals surface area contributed by atoms with E-state index in [1.165, 1.54) is 0 Å². The minimum Gasteiger partial charge on any atom is -0.482 e. The molecule has 3 aromatic rings. The standard InChI is InChI=1S/C23H28FN5O/c1-14-4-5-20(24)15(2)22(14)16(3)30-21-10-17(11-27-23(21)25)18-12-28-29(13-18)19-6-8-26-9-7-19/h4-5,10-13,16,19,26H,6-9H2,1-3H3,(H2,25,27)/t16-/m0/s1/i1D3,2D3,3D3,6D2,7D2,11D,16D,19D. The number of nitrogens with one attached hydrogen (secondary N) is 1. The van der Waals surface area contributed by atoms with Gasteiger partial charge in [0.15, 0.2) is 11.6 Å². The van der Waals surface area contributed by atoms with Crippen molar-refractivity contribution in [2.75, 3.05) is 18.8 Å². The van der Waals surface area contributed by atoms with Crippen molar-refractivity contribution in [1.29, 1.82) is 0 Å². The monoisotopic (exact) mass is 425 g/mol. The third-order valence-corrected chi connectivity index (χ3v) is 4.30. The van der Waals surface area contributed by atoms with Crippen LogP contribution in [0.1, 0.15) is 70.3 Å². The molecule has 3 heterocycles. The van der Waals surface area contributed by atoms with Crippen molar-refractivity contribution in [1.82, 2.24) is 20.1 Å². The van der Waals surface area contributed by atoms with Crippen LogP contribution in [0.3, 0.4) is 0 Å². The summed E-state index contributed by atoms with van der Waals surface area (Å²) in [7, 11) is 0. The highest BCUT2D eigenvalue weighted by Gasteiger charge is 2.19. The Hall–Kier alpha value is -2.93. The Kier molecular flexibility index (Phi) is 2.44. The second-order valence-corrected chi connectivity index (χ2v) is 6.29. The summed E-state index contributed by atoms with van der Waals surface area (Å²) >= 11 is 0. The fourth-order valence-electron chi connectivity index (χ4n) is 2.78. The molecule has 1 saturated heterocycles. The van der Waals surface area contributed by atoms with E-state index in [4.69, 9.17) is 32.4 Å². The molecular formula is C23H28FN5O. The minimum atomic E-state index is -3.69. The third kappa shape index (κ3) is 4.03. The van der Waals surface area contributed by atoms with Crippen molar-refractivity contribution in [3.8, 4) is 16.9 Å². The Bertz CT molecular complexity index is 1630. The normalized spacial score (nSPS) is 30.4. The number of pyridine rings is 1. The zero-order valence-corrected chi connectivity index (χ0v) is 15.5. The molecule has 0 aliphatic carbocycles. The molecule has 1 aliphatic rings. The molecule has 0 amide bonds. The van der Waals surface area contributed by atoms with Crippen LogP contribution in [0.2, 0.25) is 0 Å². The van der Waals surface area contributed by atoms with E-state index in [0.717, 1.165) is 23.1 Å². The predicted molar refractivity (Wildman–Crippen MR) is 116 cm³/mol. The summed E-state index contributed by atoms with van der Waals surface area (Å²) in [6.07, 6.45) is -7.08. The number of nitrogens with two attached hydrogens (primary N) is 1. The van der Waals surface area contributed by atoms with Crippen LogP contribution < -0.4 is 15.8 Å². The molecule has 0 saturated carbocycles. The number of aryl methyl sites for hydroxylation is 1. The number of hydrogen-bond donors (Lipinski definition) is 2. The smallest absolute Gasteiger partial charge is 0.166 e. The van der Waals surface area contributed by atoms with Gasteiger partial charge >= 0.3 is 0 Å². The fourth-order valence-corrected chi connectivity index (χ4v) is 2.78.